The molecule has 24 aromatic rings. The highest BCUT2D eigenvalue weighted by atomic mass is 15.1. The van der Waals surface area contributed by atoms with E-state index in [9.17, 15) is 5.26 Å². The van der Waals surface area contributed by atoms with Crippen LogP contribution in [0.1, 0.15) is 5.56 Å². The number of pyridine rings is 2. The summed E-state index contributed by atoms with van der Waals surface area (Å²) in [7, 11) is 0. The van der Waals surface area contributed by atoms with Crippen molar-refractivity contribution in [3.8, 4) is 95.8 Å². The van der Waals surface area contributed by atoms with Crippen molar-refractivity contribution in [1.82, 2.24) is 37.4 Å². The second-order valence-corrected chi connectivity index (χ2v) is 30.3. The molecule has 0 atom stereocenters. The predicted octanol–water partition coefficient (Wildman–Crippen LogP) is 27.3. The van der Waals surface area contributed by atoms with Crippen LogP contribution in [0.2, 0.25) is 0 Å². The molecular weight excluding hydrogens is 1410 g/mol. The number of para-hydroxylation sites is 9. The van der Waals surface area contributed by atoms with Crippen LogP contribution in [0.5, 0.6) is 0 Å². The van der Waals surface area contributed by atoms with Gasteiger partial charge < -0.3 is 27.4 Å². The zero-order chi connectivity index (χ0) is 76.2. The van der Waals surface area contributed by atoms with Crippen molar-refractivity contribution in [3.63, 3.8) is 0 Å². The van der Waals surface area contributed by atoms with Gasteiger partial charge >= 0.3 is 0 Å². The van der Waals surface area contributed by atoms with Crippen molar-refractivity contribution < 1.29 is 0 Å². The molecule has 0 aliphatic carbocycles. The average molecular weight is 1480 g/mol. The van der Waals surface area contributed by atoms with Gasteiger partial charge in [0, 0.05) is 129 Å². The molecule has 0 unspecified atom stereocenters. The molecule has 538 valence electrons. The monoisotopic (exact) mass is 1480 g/mol. The number of hydrogen-bond donors (Lipinski definition) is 0. The normalized spacial score (nSPS) is 12.0. The number of hydrogen-bond acceptors (Lipinski definition) is 3. The Balaban J connectivity index is 0.802. The van der Waals surface area contributed by atoms with Crippen LogP contribution < -0.4 is 0 Å². The van der Waals surface area contributed by atoms with Crippen molar-refractivity contribution in [2.24, 2.45) is 0 Å². The fraction of sp³-hybridized carbons (Fsp3) is 0. The average Bonchev–Trinajstić information content (AvgIpc) is 1.13. The van der Waals surface area contributed by atoms with E-state index in [-0.39, 0.29) is 0 Å². The van der Waals surface area contributed by atoms with Crippen molar-refractivity contribution in [1.29, 1.82) is 5.26 Å². The van der Waals surface area contributed by atoms with Crippen LogP contribution in [0, 0.1) is 11.3 Å². The van der Waals surface area contributed by atoms with Crippen molar-refractivity contribution in [2.75, 3.05) is 0 Å². The summed E-state index contributed by atoms with van der Waals surface area (Å²) < 4.78 is 14.4. The Kier molecular flexibility index (Phi) is 14.3. The summed E-state index contributed by atoms with van der Waals surface area (Å²) in [4.78, 5) is 10.1. The summed E-state index contributed by atoms with van der Waals surface area (Å²) in [5, 5.41) is 26.7. The summed E-state index contributed by atoms with van der Waals surface area (Å²) in [5.41, 5.74) is 28.6. The Hall–Kier alpha value is -15.9. The second kappa shape index (κ2) is 25.6. The molecule has 0 amide bonds. The van der Waals surface area contributed by atoms with Gasteiger partial charge in [-0.1, -0.05) is 212 Å². The van der Waals surface area contributed by atoms with Crippen molar-refractivity contribution >= 4 is 131 Å². The number of fused-ring (bicyclic) bond motifs is 18. The van der Waals surface area contributed by atoms with Crippen LogP contribution in [0.4, 0.5) is 0 Å². The molecule has 0 saturated heterocycles. The first kappa shape index (κ1) is 64.9. The van der Waals surface area contributed by atoms with Gasteiger partial charge in [-0.2, -0.15) is 5.26 Å². The minimum absolute atomic E-state index is 0.470. The fourth-order valence-electron chi connectivity index (χ4n) is 19.3. The van der Waals surface area contributed by atoms with Crippen LogP contribution in [0.15, 0.2) is 395 Å². The lowest BCUT2D eigenvalue weighted by molar-refractivity contribution is 1.09. The van der Waals surface area contributed by atoms with E-state index in [1.165, 1.54) is 32.3 Å². The number of benzene rings is 16. The Morgan fingerprint density at radius 2 is 0.414 bits per heavy atom. The standard InChI is InChI=1S/C107H65N9/c108-64-90-105(114-94-41-19-13-35-81(94)87-61-70(47-53-100(87)114)67-44-50-97-84(58-67)78-32-10-16-38-91(78)111(97)75-26-4-1-5-27-75)103(73-24-22-56-109-65-73)107(116-96-43-21-15-37-83(96)89-63-72(49-55-102(89)116)69-46-52-99-86(60-69)80-34-12-18-40-93(80)113(99)77-30-8-3-9-31-77)104(74-25-23-57-110-66-74)106(90)115-95-42-20-14-36-82(95)88-62-71(48-54-101(88)115)68-45-51-98-85(59-68)79-33-11-17-39-92(79)112(98)76-28-6-2-7-29-76/h1-63,65-66H. The Morgan fingerprint density at radius 3 is 0.664 bits per heavy atom. The van der Waals surface area contributed by atoms with E-state index < -0.39 is 0 Å². The molecular formula is C107H65N9. The van der Waals surface area contributed by atoms with Crippen LogP contribution in [0.3, 0.4) is 0 Å². The van der Waals surface area contributed by atoms with Gasteiger partial charge in [-0.15, -0.1) is 0 Å². The van der Waals surface area contributed by atoms with E-state index in [0.29, 0.717) is 16.9 Å². The number of nitriles is 1. The van der Waals surface area contributed by atoms with E-state index in [2.05, 4.69) is 391 Å². The third kappa shape index (κ3) is 9.62. The first-order valence-corrected chi connectivity index (χ1v) is 39.4. The van der Waals surface area contributed by atoms with E-state index in [4.69, 9.17) is 9.97 Å². The number of aromatic nitrogens is 8. The maximum absolute atomic E-state index is 13.3. The first-order chi connectivity index (χ1) is 57.6. The molecule has 0 aliphatic heterocycles. The SMILES string of the molecule is N#Cc1c(-n2c3ccccc3c3cc(-c4ccc5c(c4)c4ccccc4n5-c4ccccc4)ccc32)c(-c2cccnc2)c(-n2c3ccccc3c3cc(-c4ccc5c(c4)c4ccccc4n5-c4ccccc4)ccc32)c(-c2cccnc2)c1-n1c2ccccc2c2cc(-c3ccc4c(c3)c3ccccc3n4-c3ccccc3)ccc21. The molecule has 0 N–H and O–H groups in total. The quantitative estimate of drug-likeness (QED) is 0.129. The minimum Gasteiger partial charge on any atom is -0.309 e. The maximum Gasteiger partial charge on any atom is 0.104 e. The van der Waals surface area contributed by atoms with Crippen molar-refractivity contribution in [2.45, 2.75) is 0 Å². The highest BCUT2D eigenvalue weighted by Crippen LogP contribution is 2.53. The van der Waals surface area contributed by atoms with Gasteiger partial charge in [-0.05, 0) is 191 Å². The molecule has 0 radical (unpaired) electrons. The summed E-state index contributed by atoms with van der Waals surface area (Å²) in [5.74, 6) is 0. The van der Waals surface area contributed by atoms with Crippen molar-refractivity contribution in [3.05, 3.63) is 400 Å². The van der Waals surface area contributed by atoms with Gasteiger partial charge in [0.2, 0.25) is 0 Å². The molecule has 116 heavy (non-hydrogen) atoms. The minimum atomic E-state index is 0.470. The fourth-order valence-corrected chi connectivity index (χ4v) is 19.3. The van der Waals surface area contributed by atoms with E-state index in [1.54, 1.807) is 0 Å². The maximum atomic E-state index is 13.3. The summed E-state index contributed by atoms with van der Waals surface area (Å²) >= 11 is 0. The van der Waals surface area contributed by atoms with Gasteiger partial charge in [-0.25, -0.2) is 0 Å². The van der Waals surface area contributed by atoms with Gasteiger partial charge in [0.1, 0.15) is 11.6 Å². The van der Waals surface area contributed by atoms with Crippen LogP contribution >= 0.6 is 0 Å². The lowest BCUT2D eigenvalue weighted by atomic mass is 9.89. The third-order valence-electron chi connectivity index (χ3n) is 24.2. The lowest BCUT2D eigenvalue weighted by Crippen LogP contribution is -2.13. The molecule has 0 spiro atoms. The molecule has 9 heteroatoms. The predicted molar refractivity (Wildman–Crippen MR) is 480 cm³/mol. The Labute approximate surface area is 665 Å². The molecule has 16 aromatic carbocycles. The van der Waals surface area contributed by atoms with E-state index in [1.807, 2.05) is 36.9 Å². The number of rotatable bonds is 11. The Bertz CT molecular complexity index is 7920. The van der Waals surface area contributed by atoms with E-state index in [0.717, 1.165) is 177 Å². The molecule has 8 aromatic heterocycles. The van der Waals surface area contributed by atoms with Crippen LogP contribution in [-0.4, -0.2) is 37.4 Å². The molecule has 8 heterocycles. The summed E-state index contributed by atoms with van der Waals surface area (Å²) in [6.45, 7) is 0. The van der Waals surface area contributed by atoms with Gasteiger partial charge in [0.25, 0.3) is 0 Å². The zero-order valence-corrected chi connectivity index (χ0v) is 62.6. The summed E-state index contributed by atoms with van der Waals surface area (Å²) in [6, 6.07) is 137. The molecule has 0 bridgehead atoms. The van der Waals surface area contributed by atoms with Gasteiger partial charge in [0.15, 0.2) is 0 Å². The molecule has 0 aliphatic rings. The van der Waals surface area contributed by atoms with Gasteiger partial charge in [0.05, 0.1) is 83.3 Å². The lowest BCUT2D eigenvalue weighted by Gasteiger charge is -2.28. The number of nitrogens with zero attached hydrogens (tertiary/aromatic N) is 9. The highest BCUT2D eigenvalue weighted by Gasteiger charge is 2.35. The van der Waals surface area contributed by atoms with Gasteiger partial charge in [-0.3, -0.25) is 9.97 Å². The van der Waals surface area contributed by atoms with E-state index >= 15 is 0 Å². The zero-order valence-electron chi connectivity index (χ0n) is 62.6. The molecule has 0 saturated carbocycles. The molecule has 9 nitrogen and oxygen atoms in total. The Morgan fingerprint density at radius 1 is 0.190 bits per heavy atom. The largest absolute Gasteiger partial charge is 0.309 e. The summed E-state index contributed by atoms with van der Waals surface area (Å²) in [6.07, 6.45) is 7.64. The van der Waals surface area contributed by atoms with Crippen LogP contribution in [0.25, 0.3) is 221 Å². The molecule has 24 rings (SSSR count). The molecule has 0 fully saturated rings. The topological polar surface area (TPSA) is 79.2 Å². The second-order valence-electron chi connectivity index (χ2n) is 30.3. The smallest absolute Gasteiger partial charge is 0.104 e. The third-order valence-corrected chi connectivity index (χ3v) is 24.2. The van der Waals surface area contributed by atoms with Crippen LogP contribution in [-0.2, 0) is 0 Å². The highest BCUT2D eigenvalue weighted by molar-refractivity contribution is 6.20. The first-order valence-electron chi connectivity index (χ1n) is 39.4.